The number of ether oxygens (including phenoxy) is 10. The predicted octanol–water partition coefficient (Wildman–Crippen LogP) is 3.61. The van der Waals surface area contributed by atoms with Gasteiger partial charge in [-0.1, -0.05) is 26.2 Å². The van der Waals surface area contributed by atoms with Crippen LogP contribution >= 0.6 is 0 Å². The average molecular weight is 603 g/mol. The van der Waals surface area contributed by atoms with E-state index in [0.717, 1.165) is 19.3 Å². The fourth-order valence-electron chi connectivity index (χ4n) is 3.35. The molecule has 0 N–H and O–H groups in total. The summed E-state index contributed by atoms with van der Waals surface area (Å²) in [6, 6.07) is 6.94. The third-order valence-electron chi connectivity index (χ3n) is 5.63. The Morgan fingerprint density at radius 3 is 1.10 bits per heavy atom. The summed E-state index contributed by atoms with van der Waals surface area (Å²) in [5, 5.41) is 0. The minimum absolute atomic E-state index is 0.436. The Morgan fingerprint density at radius 2 is 0.762 bits per heavy atom. The molecule has 0 unspecified atom stereocenters. The van der Waals surface area contributed by atoms with Crippen LogP contribution in [0.1, 0.15) is 43.0 Å². The molecule has 11 nitrogen and oxygen atoms in total. The van der Waals surface area contributed by atoms with Crippen LogP contribution in [0, 0.1) is 0 Å². The van der Waals surface area contributed by atoms with E-state index in [9.17, 15) is 4.79 Å². The van der Waals surface area contributed by atoms with Crippen molar-refractivity contribution in [3.8, 4) is 5.75 Å². The van der Waals surface area contributed by atoms with Gasteiger partial charge in [-0.25, -0.2) is 0 Å². The minimum Gasteiger partial charge on any atom is -0.491 e. The highest BCUT2D eigenvalue weighted by molar-refractivity contribution is 5.74. The second-order valence-electron chi connectivity index (χ2n) is 9.11. The van der Waals surface area contributed by atoms with Crippen molar-refractivity contribution in [2.24, 2.45) is 0 Å². The number of aldehydes is 1. The van der Waals surface area contributed by atoms with Crippen LogP contribution in [0.15, 0.2) is 24.3 Å². The van der Waals surface area contributed by atoms with Crippen LogP contribution in [-0.4, -0.2) is 132 Å². The van der Waals surface area contributed by atoms with Crippen molar-refractivity contribution in [2.45, 2.75) is 32.6 Å². The Morgan fingerprint density at radius 1 is 0.429 bits per heavy atom. The van der Waals surface area contributed by atoms with E-state index in [-0.39, 0.29) is 0 Å². The molecule has 0 saturated heterocycles. The van der Waals surface area contributed by atoms with Gasteiger partial charge in [-0.3, -0.25) is 4.79 Å². The lowest BCUT2D eigenvalue weighted by Crippen LogP contribution is -2.15. The maximum absolute atomic E-state index is 10.6. The highest BCUT2D eigenvalue weighted by Gasteiger charge is 1.97. The van der Waals surface area contributed by atoms with E-state index in [0.29, 0.717) is 130 Å². The van der Waals surface area contributed by atoms with Crippen LogP contribution in [0.25, 0.3) is 0 Å². The fraction of sp³-hybridized carbons (Fsp3) is 0.774. The lowest BCUT2D eigenvalue weighted by molar-refractivity contribution is -0.0254. The summed E-state index contributed by atoms with van der Waals surface area (Å²) >= 11 is 0. The normalized spacial score (nSPS) is 11.3. The van der Waals surface area contributed by atoms with Crippen molar-refractivity contribution >= 4 is 6.29 Å². The number of hydrogen-bond donors (Lipinski definition) is 0. The SMILES string of the molecule is CCCCCCOCCOCCOCCOCCOCCOCCOCCOCCOCCOc1ccc(C=O)cc1. The first-order valence-corrected chi connectivity index (χ1v) is 15.2. The van der Waals surface area contributed by atoms with Gasteiger partial charge < -0.3 is 47.4 Å². The zero-order valence-corrected chi connectivity index (χ0v) is 25.6. The van der Waals surface area contributed by atoms with Gasteiger partial charge >= 0.3 is 0 Å². The van der Waals surface area contributed by atoms with E-state index in [1.165, 1.54) is 19.3 Å². The molecule has 0 spiro atoms. The van der Waals surface area contributed by atoms with Gasteiger partial charge in [-0.2, -0.15) is 0 Å². The van der Waals surface area contributed by atoms with Crippen molar-refractivity contribution in [3.05, 3.63) is 29.8 Å². The molecule has 0 aromatic heterocycles. The van der Waals surface area contributed by atoms with E-state index in [1.54, 1.807) is 24.3 Å². The van der Waals surface area contributed by atoms with Crippen molar-refractivity contribution < 1.29 is 52.2 Å². The zero-order valence-electron chi connectivity index (χ0n) is 25.6. The van der Waals surface area contributed by atoms with Crippen LogP contribution in [0.2, 0.25) is 0 Å². The van der Waals surface area contributed by atoms with E-state index in [4.69, 9.17) is 47.4 Å². The van der Waals surface area contributed by atoms with Crippen LogP contribution in [0.5, 0.6) is 5.75 Å². The first-order chi connectivity index (χ1) is 20.9. The largest absolute Gasteiger partial charge is 0.491 e. The number of carbonyl (C=O) groups excluding carboxylic acids is 1. The van der Waals surface area contributed by atoms with Gasteiger partial charge in [0.05, 0.1) is 112 Å². The Hall–Kier alpha value is -1.67. The molecule has 1 aromatic rings. The van der Waals surface area contributed by atoms with Gasteiger partial charge in [0.25, 0.3) is 0 Å². The minimum atomic E-state index is 0.436. The van der Waals surface area contributed by atoms with Crippen LogP contribution in [0.4, 0.5) is 0 Å². The molecule has 0 heterocycles. The molecule has 1 rings (SSSR count). The molecule has 0 radical (unpaired) electrons. The number of rotatable bonds is 34. The highest BCUT2D eigenvalue weighted by atomic mass is 16.6. The van der Waals surface area contributed by atoms with Crippen molar-refractivity contribution in [2.75, 3.05) is 126 Å². The average Bonchev–Trinajstić information content (AvgIpc) is 3.02. The molecular formula is C31H54O11. The molecule has 244 valence electrons. The lowest BCUT2D eigenvalue weighted by Gasteiger charge is -2.09. The van der Waals surface area contributed by atoms with E-state index < -0.39 is 0 Å². The standard InChI is InChI=1S/C31H54O11/c1-2-3-4-5-10-33-11-12-34-13-14-35-15-16-36-17-18-37-19-20-38-21-22-39-23-24-40-25-26-41-27-28-42-31-8-6-30(29-32)7-9-31/h6-9,29H,2-5,10-28H2,1H3. The number of unbranched alkanes of at least 4 members (excludes halogenated alkanes) is 3. The Kier molecular flexibility index (Phi) is 29.4. The highest BCUT2D eigenvalue weighted by Crippen LogP contribution is 2.10. The van der Waals surface area contributed by atoms with Crippen molar-refractivity contribution in [1.29, 1.82) is 0 Å². The molecule has 0 saturated carbocycles. The zero-order chi connectivity index (χ0) is 30.0. The van der Waals surface area contributed by atoms with Gasteiger partial charge in [-0.05, 0) is 30.7 Å². The molecule has 0 aliphatic carbocycles. The third kappa shape index (κ3) is 27.2. The van der Waals surface area contributed by atoms with Gasteiger partial charge in [0.2, 0.25) is 0 Å². The van der Waals surface area contributed by atoms with Crippen LogP contribution < -0.4 is 4.74 Å². The summed E-state index contributed by atoms with van der Waals surface area (Å²) in [7, 11) is 0. The van der Waals surface area contributed by atoms with Crippen molar-refractivity contribution in [1.82, 2.24) is 0 Å². The van der Waals surface area contributed by atoms with Gasteiger partial charge in [0.1, 0.15) is 18.6 Å². The second-order valence-corrected chi connectivity index (χ2v) is 9.11. The maximum atomic E-state index is 10.6. The molecule has 1 aromatic carbocycles. The Labute approximate surface area is 252 Å². The summed E-state index contributed by atoms with van der Waals surface area (Å²) < 4.78 is 54.8. The smallest absolute Gasteiger partial charge is 0.150 e. The molecular weight excluding hydrogens is 548 g/mol. The summed E-state index contributed by atoms with van der Waals surface area (Å²) in [6.07, 6.45) is 5.69. The number of hydrogen-bond acceptors (Lipinski definition) is 11. The predicted molar refractivity (Wildman–Crippen MR) is 159 cm³/mol. The first-order valence-electron chi connectivity index (χ1n) is 15.2. The van der Waals surface area contributed by atoms with Crippen molar-refractivity contribution in [3.63, 3.8) is 0 Å². The Bertz CT molecular complexity index is 675. The van der Waals surface area contributed by atoms with E-state index in [1.807, 2.05) is 0 Å². The third-order valence-corrected chi connectivity index (χ3v) is 5.63. The molecule has 0 atom stereocenters. The molecule has 0 fully saturated rings. The van der Waals surface area contributed by atoms with Crippen LogP contribution in [0.3, 0.4) is 0 Å². The summed E-state index contributed by atoms with van der Waals surface area (Å²) in [4.78, 5) is 10.6. The van der Waals surface area contributed by atoms with E-state index >= 15 is 0 Å². The topological polar surface area (TPSA) is 109 Å². The van der Waals surface area contributed by atoms with E-state index in [2.05, 4.69) is 6.92 Å². The molecule has 42 heavy (non-hydrogen) atoms. The fourth-order valence-corrected chi connectivity index (χ4v) is 3.35. The first kappa shape index (κ1) is 38.4. The summed E-state index contributed by atoms with van der Waals surface area (Å²) in [6.45, 7) is 12.4. The second kappa shape index (κ2) is 32.2. The maximum Gasteiger partial charge on any atom is 0.150 e. The van der Waals surface area contributed by atoms with Crippen LogP contribution in [-0.2, 0) is 42.6 Å². The summed E-state index contributed by atoms with van der Waals surface area (Å²) in [5.74, 6) is 0.708. The van der Waals surface area contributed by atoms with Gasteiger partial charge in [0, 0.05) is 12.2 Å². The molecule has 0 amide bonds. The monoisotopic (exact) mass is 602 g/mol. The van der Waals surface area contributed by atoms with Gasteiger partial charge in [0.15, 0.2) is 0 Å². The molecule has 0 aliphatic heterocycles. The number of benzene rings is 1. The molecule has 0 bridgehead atoms. The van der Waals surface area contributed by atoms with Gasteiger partial charge in [-0.15, -0.1) is 0 Å². The quantitative estimate of drug-likeness (QED) is 0.0853. The summed E-state index contributed by atoms with van der Waals surface area (Å²) in [5.41, 5.74) is 0.621. The lowest BCUT2D eigenvalue weighted by atomic mass is 10.2. The molecule has 0 aliphatic rings. The number of carbonyl (C=O) groups is 1. The Balaban J connectivity index is 1.64. The molecule has 11 heteroatoms.